The Morgan fingerprint density at radius 3 is 2.39 bits per heavy atom. The molecule has 0 saturated carbocycles. The van der Waals surface area contributed by atoms with Gasteiger partial charge in [-0.15, -0.1) is 0 Å². The standard InChI is InChI=1S/C21H28N4O3/c1-22-18(21(27)28)13-16-5-4-6-17(20(16)22)14-24-9-11-25(12-10-24)19(26)15-23-7-2-3-8-23/h4-6,13H,2-3,7-12,14-15H2,1H3,(H,27,28). The molecule has 0 bridgehead atoms. The van der Waals surface area contributed by atoms with Crippen molar-refractivity contribution in [3.8, 4) is 0 Å². The fourth-order valence-corrected chi connectivity index (χ4v) is 4.46. The molecule has 150 valence electrons. The number of para-hydroxylation sites is 1. The van der Waals surface area contributed by atoms with Gasteiger partial charge >= 0.3 is 5.97 Å². The molecule has 28 heavy (non-hydrogen) atoms. The molecule has 7 heteroatoms. The number of carboxylic acid groups (broad SMARTS) is 1. The van der Waals surface area contributed by atoms with Crippen LogP contribution >= 0.6 is 0 Å². The first-order valence-corrected chi connectivity index (χ1v) is 10.1. The Hall–Kier alpha value is -2.38. The fourth-order valence-electron chi connectivity index (χ4n) is 4.46. The number of rotatable bonds is 5. The third kappa shape index (κ3) is 3.77. The maximum absolute atomic E-state index is 12.5. The van der Waals surface area contributed by atoms with Crippen LogP contribution in [0.2, 0.25) is 0 Å². The van der Waals surface area contributed by atoms with Crippen LogP contribution in [0.25, 0.3) is 10.9 Å². The van der Waals surface area contributed by atoms with E-state index in [1.54, 1.807) is 10.6 Å². The molecule has 0 unspecified atom stereocenters. The number of benzene rings is 1. The molecule has 0 spiro atoms. The Labute approximate surface area is 165 Å². The van der Waals surface area contributed by atoms with Crippen LogP contribution in [-0.2, 0) is 18.4 Å². The van der Waals surface area contributed by atoms with E-state index in [0.717, 1.165) is 62.3 Å². The molecular formula is C21H28N4O3. The van der Waals surface area contributed by atoms with Gasteiger partial charge in [0, 0.05) is 45.2 Å². The lowest BCUT2D eigenvalue weighted by atomic mass is 10.1. The number of aromatic nitrogens is 1. The van der Waals surface area contributed by atoms with Crippen molar-refractivity contribution in [3.63, 3.8) is 0 Å². The molecule has 1 N–H and O–H groups in total. The predicted molar refractivity (Wildman–Crippen MR) is 107 cm³/mol. The minimum absolute atomic E-state index is 0.247. The topological polar surface area (TPSA) is 69.0 Å². The van der Waals surface area contributed by atoms with Crippen molar-refractivity contribution >= 4 is 22.8 Å². The van der Waals surface area contributed by atoms with Gasteiger partial charge in [0.15, 0.2) is 0 Å². The summed E-state index contributed by atoms with van der Waals surface area (Å²) >= 11 is 0. The largest absolute Gasteiger partial charge is 0.477 e. The van der Waals surface area contributed by atoms with Crippen LogP contribution in [0.3, 0.4) is 0 Å². The highest BCUT2D eigenvalue weighted by Gasteiger charge is 2.24. The molecule has 2 saturated heterocycles. The second-order valence-electron chi connectivity index (χ2n) is 7.89. The van der Waals surface area contributed by atoms with E-state index < -0.39 is 5.97 Å². The van der Waals surface area contributed by atoms with Crippen LogP contribution in [0, 0.1) is 0 Å². The molecule has 2 aliphatic heterocycles. The van der Waals surface area contributed by atoms with Gasteiger partial charge in [-0.3, -0.25) is 14.6 Å². The zero-order chi connectivity index (χ0) is 19.7. The molecule has 0 radical (unpaired) electrons. The van der Waals surface area contributed by atoms with Gasteiger partial charge in [-0.25, -0.2) is 4.79 Å². The number of piperazine rings is 1. The number of amides is 1. The Balaban J connectivity index is 1.39. The smallest absolute Gasteiger partial charge is 0.352 e. The predicted octanol–water partition coefficient (Wildman–Crippen LogP) is 1.62. The Kier molecular flexibility index (Phi) is 5.37. The highest BCUT2D eigenvalue weighted by Crippen LogP contribution is 2.24. The fraction of sp³-hybridized carbons (Fsp3) is 0.524. The summed E-state index contributed by atoms with van der Waals surface area (Å²) in [6, 6.07) is 7.74. The summed E-state index contributed by atoms with van der Waals surface area (Å²) in [6.45, 7) is 6.63. The van der Waals surface area contributed by atoms with Crippen molar-refractivity contribution < 1.29 is 14.7 Å². The van der Waals surface area contributed by atoms with E-state index in [9.17, 15) is 14.7 Å². The number of carbonyl (C=O) groups excluding carboxylic acids is 1. The molecular weight excluding hydrogens is 356 g/mol. The summed E-state index contributed by atoms with van der Waals surface area (Å²) in [5.74, 6) is -0.660. The minimum Gasteiger partial charge on any atom is -0.477 e. The van der Waals surface area contributed by atoms with E-state index in [0.29, 0.717) is 12.2 Å². The lowest BCUT2D eigenvalue weighted by Gasteiger charge is -2.35. The molecule has 1 amide bonds. The Morgan fingerprint density at radius 1 is 1.00 bits per heavy atom. The lowest BCUT2D eigenvalue weighted by Crippen LogP contribution is -2.50. The minimum atomic E-state index is -0.908. The second-order valence-corrected chi connectivity index (χ2v) is 7.89. The van der Waals surface area contributed by atoms with Gasteiger partial charge in [0.2, 0.25) is 5.91 Å². The summed E-state index contributed by atoms with van der Waals surface area (Å²) in [4.78, 5) is 30.5. The number of hydrogen-bond acceptors (Lipinski definition) is 4. The first kappa shape index (κ1) is 19.0. The molecule has 3 heterocycles. The third-order valence-corrected chi connectivity index (χ3v) is 6.04. The van der Waals surface area contributed by atoms with E-state index in [1.807, 2.05) is 24.1 Å². The highest BCUT2D eigenvalue weighted by molar-refractivity contribution is 5.95. The van der Waals surface area contributed by atoms with Crippen molar-refractivity contribution in [2.45, 2.75) is 19.4 Å². The summed E-state index contributed by atoms with van der Waals surface area (Å²) in [5, 5.41) is 10.3. The van der Waals surface area contributed by atoms with Gasteiger partial charge < -0.3 is 14.6 Å². The van der Waals surface area contributed by atoms with E-state index in [2.05, 4.69) is 15.9 Å². The van der Waals surface area contributed by atoms with E-state index in [1.165, 1.54) is 12.8 Å². The molecule has 7 nitrogen and oxygen atoms in total. The molecule has 1 aromatic carbocycles. The van der Waals surface area contributed by atoms with Crippen LogP contribution in [0.4, 0.5) is 0 Å². The molecule has 0 aliphatic carbocycles. The van der Waals surface area contributed by atoms with Gasteiger partial charge in [0.25, 0.3) is 0 Å². The van der Waals surface area contributed by atoms with Crippen molar-refractivity contribution in [2.24, 2.45) is 7.05 Å². The van der Waals surface area contributed by atoms with Gasteiger partial charge in [-0.2, -0.15) is 0 Å². The van der Waals surface area contributed by atoms with Crippen LogP contribution in [-0.4, -0.2) is 82.1 Å². The molecule has 2 aromatic rings. The number of fused-ring (bicyclic) bond motifs is 1. The maximum atomic E-state index is 12.5. The van der Waals surface area contributed by atoms with Gasteiger partial charge in [-0.05, 0) is 37.6 Å². The van der Waals surface area contributed by atoms with Gasteiger partial charge in [0.05, 0.1) is 12.1 Å². The number of aryl methyl sites for hydroxylation is 1. The van der Waals surface area contributed by atoms with Crippen molar-refractivity contribution in [1.29, 1.82) is 0 Å². The first-order valence-electron chi connectivity index (χ1n) is 10.1. The van der Waals surface area contributed by atoms with E-state index in [-0.39, 0.29) is 5.91 Å². The van der Waals surface area contributed by atoms with Crippen LogP contribution < -0.4 is 0 Å². The van der Waals surface area contributed by atoms with Gasteiger partial charge in [-0.1, -0.05) is 18.2 Å². The number of likely N-dealkylation sites (tertiary alicyclic amines) is 1. The normalized spacial score (nSPS) is 18.8. The summed E-state index contributed by atoms with van der Waals surface area (Å²) in [5.41, 5.74) is 2.41. The van der Waals surface area contributed by atoms with E-state index in [4.69, 9.17) is 0 Å². The molecule has 4 rings (SSSR count). The summed E-state index contributed by atoms with van der Waals surface area (Å²) in [6.07, 6.45) is 2.41. The molecule has 2 fully saturated rings. The number of nitrogens with zero attached hydrogens (tertiary/aromatic N) is 4. The Morgan fingerprint density at radius 2 is 1.71 bits per heavy atom. The molecule has 1 aromatic heterocycles. The highest BCUT2D eigenvalue weighted by atomic mass is 16.4. The Bertz CT molecular complexity index is 877. The van der Waals surface area contributed by atoms with Gasteiger partial charge in [0.1, 0.15) is 5.69 Å². The quantitative estimate of drug-likeness (QED) is 0.848. The van der Waals surface area contributed by atoms with Crippen molar-refractivity contribution in [2.75, 3.05) is 45.8 Å². The number of aromatic carboxylic acids is 1. The number of carbonyl (C=O) groups is 2. The van der Waals surface area contributed by atoms with Crippen molar-refractivity contribution in [1.82, 2.24) is 19.3 Å². The SMILES string of the molecule is Cn1c(C(=O)O)cc2cccc(CN3CCN(C(=O)CN4CCCC4)CC3)c21. The zero-order valence-corrected chi connectivity index (χ0v) is 16.4. The summed E-state index contributed by atoms with van der Waals surface area (Å²) in [7, 11) is 1.81. The maximum Gasteiger partial charge on any atom is 0.352 e. The average Bonchev–Trinajstić information content (AvgIpc) is 3.31. The lowest BCUT2D eigenvalue weighted by molar-refractivity contribution is -0.134. The molecule has 2 aliphatic rings. The third-order valence-electron chi connectivity index (χ3n) is 6.04. The first-order chi connectivity index (χ1) is 13.5. The second kappa shape index (κ2) is 7.93. The van der Waals surface area contributed by atoms with Crippen LogP contribution in [0.5, 0.6) is 0 Å². The zero-order valence-electron chi connectivity index (χ0n) is 16.4. The number of carboxylic acids is 1. The average molecular weight is 384 g/mol. The van der Waals surface area contributed by atoms with Crippen LogP contribution in [0.15, 0.2) is 24.3 Å². The van der Waals surface area contributed by atoms with Crippen molar-refractivity contribution in [3.05, 3.63) is 35.5 Å². The summed E-state index contributed by atoms with van der Waals surface area (Å²) < 4.78 is 1.77. The van der Waals surface area contributed by atoms with Crippen LogP contribution in [0.1, 0.15) is 28.9 Å². The monoisotopic (exact) mass is 384 g/mol. The number of hydrogen-bond donors (Lipinski definition) is 1. The van der Waals surface area contributed by atoms with E-state index >= 15 is 0 Å². The molecule has 0 atom stereocenters.